The van der Waals surface area contributed by atoms with E-state index in [1.165, 1.54) is 0 Å². The van der Waals surface area contributed by atoms with Crippen LogP contribution in [0.2, 0.25) is 0 Å². The van der Waals surface area contributed by atoms with E-state index in [0.717, 1.165) is 24.3 Å². The van der Waals surface area contributed by atoms with E-state index in [2.05, 4.69) is 15.2 Å². The standard InChI is InChI=1S/C20H22N4O3/c1-27-15-4-5-18-16(11-15)17(12-19(25)22-18)20(26)24-9-7-23(8-10-24)14-3-2-6-21-13-14/h2-6,11,13,17H,7-10,12H2,1H3,(H,22,25)/t17-/m0/s1. The number of ether oxygens (including phenoxy) is 1. The van der Waals surface area contributed by atoms with Crippen molar-refractivity contribution in [1.82, 2.24) is 9.88 Å². The first-order chi connectivity index (χ1) is 13.2. The monoisotopic (exact) mass is 366 g/mol. The number of hydrogen-bond acceptors (Lipinski definition) is 5. The second-order valence-electron chi connectivity index (χ2n) is 6.78. The van der Waals surface area contributed by atoms with Crippen LogP contribution in [0.15, 0.2) is 42.7 Å². The number of piperazine rings is 1. The van der Waals surface area contributed by atoms with Crippen LogP contribution in [0.3, 0.4) is 0 Å². The van der Waals surface area contributed by atoms with Gasteiger partial charge in [0, 0.05) is 44.5 Å². The van der Waals surface area contributed by atoms with Gasteiger partial charge in [0.1, 0.15) is 5.75 Å². The summed E-state index contributed by atoms with van der Waals surface area (Å²) in [5.41, 5.74) is 2.59. The number of hydrogen-bond donors (Lipinski definition) is 1. The number of amides is 2. The number of methoxy groups -OCH3 is 1. The summed E-state index contributed by atoms with van der Waals surface area (Å²) < 4.78 is 5.29. The van der Waals surface area contributed by atoms with E-state index in [1.807, 2.05) is 29.3 Å². The van der Waals surface area contributed by atoms with Crippen LogP contribution < -0.4 is 15.0 Å². The number of carbonyl (C=O) groups excluding carboxylic acids is 2. The average Bonchev–Trinajstić information content (AvgIpc) is 2.73. The van der Waals surface area contributed by atoms with Gasteiger partial charge in [-0.2, -0.15) is 0 Å². The van der Waals surface area contributed by atoms with Crippen molar-refractivity contribution in [3.63, 3.8) is 0 Å². The molecule has 1 fully saturated rings. The molecule has 140 valence electrons. The van der Waals surface area contributed by atoms with Gasteiger partial charge in [0.2, 0.25) is 11.8 Å². The van der Waals surface area contributed by atoms with Gasteiger partial charge in [-0.1, -0.05) is 0 Å². The van der Waals surface area contributed by atoms with E-state index >= 15 is 0 Å². The number of fused-ring (bicyclic) bond motifs is 1. The third-order valence-corrected chi connectivity index (χ3v) is 5.20. The molecular formula is C20H22N4O3. The topological polar surface area (TPSA) is 74.8 Å². The zero-order chi connectivity index (χ0) is 18.8. The summed E-state index contributed by atoms with van der Waals surface area (Å²) in [6.07, 6.45) is 3.76. The normalized spacial score (nSPS) is 19.3. The van der Waals surface area contributed by atoms with Crippen molar-refractivity contribution < 1.29 is 14.3 Å². The lowest BCUT2D eigenvalue weighted by Gasteiger charge is -2.38. The molecule has 2 aliphatic rings. The summed E-state index contributed by atoms with van der Waals surface area (Å²) in [5, 5.41) is 2.85. The van der Waals surface area contributed by atoms with Crippen LogP contribution >= 0.6 is 0 Å². The molecule has 1 atom stereocenters. The van der Waals surface area contributed by atoms with Crippen LogP contribution in [0.5, 0.6) is 5.75 Å². The summed E-state index contributed by atoms with van der Waals surface area (Å²) >= 11 is 0. The van der Waals surface area contributed by atoms with Gasteiger partial charge in [0.05, 0.1) is 24.9 Å². The largest absolute Gasteiger partial charge is 0.497 e. The van der Waals surface area contributed by atoms with E-state index < -0.39 is 5.92 Å². The van der Waals surface area contributed by atoms with Gasteiger partial charge in [0.25, 0.3) is 0 Å². The minimum Gasteiger partial charge on any atom is -0.497 e. The Morgan fingerprint density at radius 1 is 1.22 bits per heavy atom. The summed E-state index contributed by atoms with van der Waals surface area (Å²) in [4.78, 5) is 33.5. The molecule has 3 heterocycles. The number of nitrogens with zero attached hydrogens (tertiary/aromatic N) is 3. The molecule has 0 unspecified atom stereocenters. The molecule has 0 bridgehead atoms. The fourth-order valence-electron chi connectivity index (χ4n) is 3.73. The Hall–Kier alpha value is -3.09. The molecule has 1 N–H and O–H groups in total. The molecule has 0 radical (unpaired) electrons. The van der Waals surface area contributed by atoms with Crippen molar-refractivity contribution in [2.75, 3.05) is 43.5 Å². The SMILES string of the molecule is COc1ccc2c(c1)[C@@H](C(=O)N1CCN(c3cccnc3)CC1)CC(=O)N2. The minimum absolute atomic E-state index is 0.00481. The van der Waals surface area contributed by atoms with E-state index in [9.17, 15) is 9.59 Å². The Balaban J connectivity index is 1.50. The zero-order valence-corrected chi connectivity index (χ0v) is 15.2. The van der Waals surface area contributed by atoms with Crippen molar-refractivity contribution in [1.29, 1.82) is 0 Å². The highest BCUT2D eigenvalue weighted by molar-refractivity contribution is 6.01. The lowest BCUT2D eigenvalue weighted by molar-refractivity contribution is -0.135. The molecule has 7 nitrogen and oxygen atoms in total. The van der Waals surface area contributed by atoms with Gasteiger partial charge in [-0.05, 0) is 35.9 Å². The van der Waals surface area contributed by atoms with Gasteiger partial charge in [0.15, 0.2) is 0 Å². The smallest absolute Gasteiger partial charge is 0.230 e. The summed E-state index contributed by atoms with van der Waals surface area (Å²) in [5.74, 6) is 0.100. The molecule has 0 spiro atoms. The third-order valence-electron chi connectivity index (χ3n) is 5.20. The van der Waals surface area contributed by atoms with Gasteiger partial charge in [-0.3, -0.25) is 14.6 Å². The highest BCUT2D eigenvalue weighted by Gasteiger charge is 2.35. The average molecular weight is 366 g/mol. The zero-order valence-electron chi connectivity index (χ0n) is 15.2. The number of carbonyl (C=O) groups is 2. The van der Waals surface area contributed by atoms with Gasteiger partial charge >= 0.3 is 0 Å². The first-order valence-corrected chi connectivity index (χ1v) is 9.07. The van der Waals surface area contributed by atoms with Gasteiger partial charge < -0.3 is 19.9 Å². The summed E-state index contributed by atoms with van der Waals surface area (Å²) in [7, 11) is 1.59. The van der Waals surface area contributed by atoms with Crippen molar-refractivity contribution in [2.24, 2.45) is 0 Å². The second-order valence-corrected chi connectivity index (χ2v) is 6.78. The summed E-state index contributed by atoms with van der Waals surface area (Å²) in [6.45, 7) is 2.76. The van der Waals surface area contributed by atoms with Crippen LogP contribution in [0.25, 0.3) is 0 Å². The van der Waals surface area contributed by atoms with Crippen LogP contribution in [0.4, 0.5) is 11.4 Å². The number of rotatable bonds is 3. The molecular weight excluding hydrogens is 344 g/mol. The van der Waals surface area contributed by atoms with E-state index in [4.69, 9.17) is 4.74 Å². The fraction of sp³-hybridized carbons (Fsp3) is 0.350. The Labute approximate surface area is 157 Å². The molecule has 1 aromatic carbocycles. The van der Waals surface area contributed by atoms with Crippen LogP contribution in [-0.4, -0.2) is 55.0 Å². The molecule has 0 aliphatic carbocycles. The number of pyridine rings is 1. The molecule has 27 heavy (non-hydrogen) atoms. The summed E-state index contributed by atoms with van der Waals surface area (Å²) in [6, 6.07) is 9.38. The number of anilines is 2. The Morgan fingerprint density at radius 2 is 2.04 bits per heavy atom. The molecule has 2 aliphatic heterocycles. The van der Waals surface area contributed by atoms with Crippen molar-refractivity contribution in [3.05, 3.63) is 48.3 Å². The van der Waals surface area contributed by atoms with Gasteiger partial charge in [-0.25, -0.2) is 0 Å². The van der Waals surface area contributed by atoms with E-state index in [1.54, 1.807) is 25.4 Å². The Morgan fingerprint density at radius 3 is 2.74 bits per heavy atom. The van der Waals surface area contributed by atoms with Crippen molar-refractivity contribution in [2.45, 2.75) is 12.3 Å². The highest BCUT2D eigenvalue weighted by atomic mass is 16.5. The maximum Gasteiger partial charge on any atom is 0.230 e. The number of nitrogens with one attached hydrogen (secondary N) is 1. The fourth-order valence-corrected chi connectivity index (χ4v) is 3.73. The van der Waals surface area contributed by atoms with Crippen LogP contribution in [-0.2, 0) is 9.59 Å². The van der Waals surface area contributed by atoms with Gasteiger partial charge in [-0.15, -0.1) is 0 Å². The lowest BCUT2D eigenvalue weighted by Crippen LogP contribution is -2.50. The Kier molecular flexibility index (Phi) is 4.66. The van der Waals surface area contributed by atoms with Crippen molar-refractivity contribution in [3.8, 4) is 5.75 Å². The van der Waals surface area contributed by atoms with E-state index in [-0.39, 0.29) is 18.2 Å². The first-order valence-electron chi connectivity index (χ1n) is 9.07. The maximum atomic E-state index is 13.2. The number of aromatic nitrogens is 1. The van der Waals surface area contributed by atoms with Crippen LogP contribution in [0.1, 0.15) is 17.9 Å². The molecule has 1 aromatic heterocycles. The van der Waals surface area contributed by atoms with Crippen molar-refractivity contribution >= 4 is 23.2 Å². The number of benzene rings is 1. The molecule has 4 rings (SSSR count). The lowest BCUT2D eigenvalue weighted by atomic mass is 9.89. The quantitative estimate of drug-likeness (QED) is 0.898. The Bertz CT molecular complexity index is 848. The molecule has 7 heteroatoms. The molecule has 1 saturated heterocycles. The third kappa shape index (κ3) is 3.45. The highest BCUT2D eigenvalue weighted by Crippen LogP contribution is 2.36. The predicted molar refractivity (Wildman–Crippen MR) is 102 cm³/mol. The molecule has 0 saturated carbocycles. The minimum atomic E-state index is -0.464. The maximum absolute atomic E-state index is 13.2. The predicted octanol–water partition coefficient (Wildman–Crippen LogP) is 1.86. The van der Waals surface area contributed by atoms with E-state index in [0.29, 0.717) is 24.5 Å². The first kappa shape index (κ1) is 17.3. The van der Waals surface area contributed by atoms with Crippen LogP contribution in [0, 0.1) is 0 Å². The second kappa shape index (κ2) is 7.26. The molecule has 2 amide bonds. The molecule has 2 aromatic rings.